The van der Waals surface area contributed by atoms with E-state index in [0.717, 1.165) is 0 Å². The number of esters is 1. The van der Waals surface area contributed by atoms with Crippen LogP contribution in [0, 0.1) is 11.6 Å². The fourth-order valence-corrected chi connectivity index (χ4v) is 2.97. The maximum Gasteiger partial charge on any atom is 0.333 e. The highest BCUT2D eigenvalue weighted by atomic mass is 19.1. The van der Waals surface area contributed by atoms with Crippen molar-refractivity contribution in [2.24, 2.45) is 0 Å². The van der Waals surface area contributed by atoms with Gasteiger partial charge in [0.1, 0.15) is 18.2 Å². The number of rotatable bonds is 5. The molecule has 0 aliphatic carbocycles. The average Bonchev–Trinajstić information content (AvgIpc) is 2.66. The van der Waals surface area contributed by atoms with Gasteiger partial charge in [-0.1, -0.05) is 54.6 Å². The van der Waals surface area contributed by atoms with Gasteiger partial charge in [0, 0.05) is 16.7 Å². The van der Waals surface area contributed by atoms with Crippen LogP contribution in [0.1, 0.15) is 16.7 Å². The normalized spacial score (nSPS) is 11.2. The molecule has 0 radical (unpaired) electrons. The SMILES string of the molecule is O=C(CO)OC(c1ccccc1)(c1cccc(F)c1)c1cccc(F)c1. The van der Waals surface area contributed by atoms with E-state index >= 15 is 0 Å². The van der Waals surface area contributed by atoms with E-state index in [0.29, 0.717) is 16.7 Å². The zero-order valence-electron chi connectivity index (χ0n) is 13.7. The second-order valence-electron chi connectivity index (χ2n) is 5.70. The van der Waals surface area contributed by atoms with Crippen LogP contribution in [-0.4, -0.2) is 17.7 Å². The van der Waals surface area contributed by atoms with E-state index in [1.54, 1.807) is 42.5 Å². The molecule has 5 heteroatoms. The molecule has 3 aromatic carbocycles. The van der Waals surface area contributed by atoms with Crippen LogP contribution in [0.25, 0.3) is 0 Å². The Kier molecular flexibility index (Phi) is 5.09. The van der Waals surface area contributed by atoms with Crippen LogP contribution in [0.4, 0.5) is 8.78 Å². The molecule has 0 aromatic heterocycles. The zero-order valence-corrected chi connectivity index (χ0v) is 13.7. The van der Waals surface area contributed by atoms with Crippen LogP contribution in [-0.2, 0) is 15.1 Å². The zero-order chi connectivity index (χ0) is 18.6. The van der Waals surface area contributed by atoms with Crippen molar-refractivity contribution in [3.8, 4) is 0 Å². The molecular weight excluding hydrogens is 338 g/mol. The highest BCUT2D eigenvalue weighted by Crippen LogP contribution is 2.41. The third kappa shape index (κ3) is 3.34. The van der Waals surface area contributed by atoms with Crippen molar-refractivity contribution in [2.75, 3.05) is 6.61 Å². The van der Waals surface area contributed by atoms with Crippen molar-refractivity contribution in [1.29, 1.82) is 0 Å². The van der Waals surface area contributed by atoms with Crippen molar-refractivity contribution in [3.05, 3.63) is 107 Å². The molecule has 0 unspecified atom stereocenters. The molecule has 0 amide bonds. The summed E-state index contributed by atoms with van der Waals surface area (Å²) in [6, 6.07) is 19.7. The lowest BCUT2D eigenvalue weighted by Gasteiger charge is -2.35. The third-order valence-corrected chi connectivity index (χ3v) is 4.04. The Bertz CT molecular complexity index is 864. The third-order valence-electron chi connectivity index (χ3n) is 4.04. The average molecular weight is 354 g/mol. The van der Waals surface area contributed by atoms with Gasteiger partial charge >= 0.3 is 5.97 Å². The first kappa shape index (κ1) is 17.8. The van der Waals surface area contributed by atoms with Crippen LogP contribution in [0.15, 0.2) is 78.9 Å². The van der Waals surface area contributed by atoms with Gasteiger partial charge in [0.25, 0.3) is 0 Å². The maximum atomic E-state index is 14.0. The number of hydrogen-bond acceptors (Lipinski definition) is 3. The van der Waals surface area contributed by atoms with Crippen LogP contribution < -0.4 is 0 Å². The molecule has 3 rings (SSSR count). The summed E-state index contributed by atoms with van der Waals surface area (Å²) >= 11 is 0. The van der Waals surface area contributed by atoms with Gasteiger partial charge in [-0.25, -0.2) is 13.6 Å². The van der Waals surface area contributed by atoms with Crippen molar-refractivity contribution in [3.63, 3.8) is 0 Å². The number of ether oxygens (including phenoxy) is 1. The van der Waals surface area contributed by atoms with Gasteiger partial charge < -0.3 is 9.84 Å². The highest BCUT2D eigenvalue weighted by molar-refractivity contribution is 5.72. The summed E-state index contributed by atoms with van der Waals surface area (Å²) in [5.74, 6) is -1.97. The molecule has 0 bridgehead atoms. The predicted molar refractivity (Wildman–Crippen MR) is 92.3 cm³/mol. The first-order valence-corrected chi connectivity index (χ1v) is 7.96. The quantitative estimate of drug-likeness (QED) is 0.560. The number of halogens is 2. The van der Waals surface area contributed by atoms with Crippen molar-refractivity contribution in [1.82, 2.24) is 0 Å². The van der Waals surface area contributed by atoms with E-state index in [1.807, 2.05) is 0 Å². The minimum absolute atomic E-state index is 0.302. The molecule has 0 aliphatic rings. The summed E-state index contributed by atoms with van der Waals surface area (Å²) in [6.07, 6.45) is 0. The molecule has 3 nitrogen and oxygen atoms in total. The van der Waals surface area contributed by atoms with Gasteiger partial charge in [0.2, 0.25) is 0 Å². The first-order chi connectivity index (χ1) is 12.6. The number of benzene rings is 3. The molecule has 0 heterocycles. The smallest absolute Gasteiger partial charge is 0.333 e. The molecule has 0 spiro atoms. The van der Waals surface area contributed by atoms with E-state index < -0.39 is 29.8 Å². The topological polar surface area (TPSA) is 46.5 Å². The largest absolute Gasteiger partial charge is 0.443 e. The minimum atomic E-state index is -1.61. The highest BCUT2D eigenvalue weighted by Gasteiger charge is 2.41. The first-order valence-electron chi connectivity index (χ1n) is 7.96. The van der Waals surface area contributed by atoms with Crippen molar-refractivity contribution >= 4 is 5.97 Å². The summed E-state index contributed by atoms with van der Waals surface area (Å²) in [7, 11) is 0. The summed E-state index contributed by atoms with van der Waals surface area (Å²) in [6.45, 7) is -0.862. The monoisotopic (exact) mass is 354 g/mol. The number of carbonyl (C=O) groups excluding carboxylic acids is 1. The minimum Gasteiger partial charge on any atom is -0.443 e. The van der Waals surface area contributed by atoms with Crippen LogP contribution in [0.5, 0.6) is 0 Å². The van der Waals surface area contributed by atoms with Crippen LogP contribution in [0.2, 0.25) is 0 Å². The Morgan fingerprint density at radius 2 is 1.31 bits per heavy atom. The molecule has 0 atom stereocenters. The molecule has 132 valence electrons. The molecule has 0 fully saturated rings. The lowest BCUT2D eigenvalue weighted by molar-refractivity contribution is -0.156. The second kappa shape index (κ2) is 7.45. The number of carbonyl (C=O) groups is 1. The fourth-order valence-electron chi connectivity index (χ4n) is 2.97. The van der Waals surface area contributed by atoms with Gasteiger partial charge in [-0.15, -0.1) is 0 Å². The van der Waals surface area contributed by atoms with E-state index in [1.165, 1.54) is 36.4 Å². The van der Waals surface area contributed by atoms with Gasteiger partial charge in [0.05, 0.1) is 0 Å². The lowest BCUT2D eigenvalue weighted by Crippen LogP contribution is -2.36. The lowest BCUT2D eigenvalue weighted by atomic mass is 9.80. The Hall–Kier alpha value is -3.05. The van der Waals surface area contributed by atoms with E-state index in [2.05, 4.69) is 0 Å². The molecule has 1 N–H and O–H groups in total. The Morgan fingerprint density at radius 3 is 1.77 bits per heavy atom. The van der Waals surface area contributed by atoms with Crippen molar-refractivity contribution < 1.29 is 23.4 Å². The summed E-state index contributed by atoms with van der Waals surface area (Å²) in [5.41, 5.74) is -0.504. The molecule has 0 saturated heterocycles. The van der Waals surface area contributed by atoms with Crippen LogP contribution in [0.3, 0.4) is 0 Å². The molecule has 0 saturated carbocycles. The van der Waals surface area contributed by atoms with E-state index in [4.69, 9.17) is 4.74 Å². The summed E-state index contributed by atoms with van der Waals surface area (Å²) in [4.78, 5) is 12.1. The van der Waals surface area contributed by atoms with E-state index in [9.17, 15) is 18.7 Å². The summed E-state index contributed by atoms with van der Waals surface area (Å²) < 4.78 is 33.6. The Balaban J connectivity index is 2.36. The van der Waals surface area contributed by atoms with Gasteiger partial charge in [-0.05, 0) is 24.3 Å². The van der Waals surface area contributed by atoms with Crippen molar-refractivity contribution in [2.45, 2.75) is 5.60 Å². The molecule has 0 aliphatic heterocycles. The Labute approximate surface area is 149 Å². The molecule has 26 heavy (non-hydrogen) atoms. The predicted octanol–water partition coefficient (Wildman–Crippen LogP) is 3.79. The summed E-state index contributed by atoms with van der Waals surface area (Å²) in [5, 5.41) is 9.23. The molecule has 3 aromatic rings. The second-order valence-corrected chi connectivity index (χ2v) is 5.70. The van der Waals surface area contributed by atoms with Gasteiger partial charge in [-0.2, -0.15) is 0 Å². The number of aliphatic hydroxyl groups excluding tert-OH is 1. The number of hydrogen-bond donors (Lipinski definition) is 1. The number of aliphatic hydroxyl groups is 1. The Morgan fingerprint density at radius 1 is 0.808 bits per heavy atom. The van der Waals surface area contributed by atoms with Gasteiger partial charge in [0.15, 0.2) is 5.60 Å². The van der Waals surface area contributed by atoms with Gasteiger partial charge in [-0.3, -0.25) is 0 Å². The van der Waals surface area contributed by atoms with E-state index in [-0.39, 0.29) is 0 Å². The fraction of sp³-hybridized carbons (Fsp3) is 0.0952. The molecular formula is C21H16F2O3. The maximum absolute atomic E-state index is 14.0. The van der Waals surface area contributed by atoms with Crippen LogP contribution >= 0.6 is 0 Å². The standard InChI is InChI=1S/C21H16F2O3/c22-18-10-4-8-16(12-18)21(26-20(25)14-24,15-6-2-1-3-7-15)17-9-5-11-19(23)13-17/h1-13,24H,14H2.